The monoisotopic (exact) mass is 291 g/mol. The van der Waals surface area contributed by atoms with Crippen molar-refractivity contribution in [3.05, 3.63) is 30.1 Å². The summed E-state index contributed by atoms with van der Waals surface area (Å²) in [7, 11) is 0. The summed E-state index contributed by atoms with van der Waals surface area (Å²) >= 11 is 0. The predicted molar refractivity (Wildman–Crippen MR) is 75.7 cm³/mol. The molecule has 6 nitrogen and oxygen atoms in total. The molecular weight excluding hydrogens is 273 g/mol. The Labute approximate surface area is 122 Å². The van der Waals surface area contributed by atoms with E-state index in [0.29, 0.717) is 17.3 Å². The number of amides is 1. The smallest absolute Gasteiger partial charge is 0.243 e. The maximum atomic E-state index is 12.9. The first-order valence-corrected chi connectivity index (χ1v) is 6.79. The van der Waals surface area contributed by atoms with E-state index in [9.17, 15) is 9.18 Å². The molecule has 2 aromatic rings. The van der Waals surface area contributed by atoms with Crippen molar-refractivity contribution in [3.63, 3.8) is 0 Å². The normalized spacial score (nSPS) is 12.4. The first kappa shape index (κ1) is 15.1. The van der Waals surface area contributed by atoms with Crippen molar-refractivity contribution < 1.29 is 9.18 Å². The van der Waals surface area contributed by atoms with Crippen molar-refractivity contribution >= 4 is 5.91 Å². The zero-order valence-electron chi connectivity index (χ0n) is 12.2. The zero-order chi connectivity index (χ0) is 15.4. The van der Waals surface area contributed by atoms with Gasteiger partial charge in [0.15, 0.2) is 0 Å². The minimum absolute atomic E-state index is 0.00521. The molecular formula is C14H18FN5O. The van der Waals surface area contributed by atoms with E-state index in [0.717, 1.165) is 0 Å². The van der Waals surface area contributed by atoms with Gasteiger partial charge in [0, 0.05) is 11.6 Å². The Morgan fingerprint density at radius 2 is 1.95 bits per heavy atom. The molecule has 0 saturated carbocycles. The van der Waals surface area contributed by atoms with Crippen LogP contribution in [0.25, 0.3) is 11.4 Å². The van der Waals surface area contributed by atoms with Gasteiger partial charge in [-0.05, 0) is 42.3 Å². The van der Waals surface area contributed by atoms with Crippen molar-refractivity contribution in [2.75, 3.05) is 0 Å². The summed E-state index contributed by atoms with van der Waals surface area (Å²) in [5, 5.41) is 14.7. The van der Waals surface area contributed by atoms with Gasteiger partial charge < -0.3 is 5.32 Å². The number of halogens is 1. The van der Waals surface area contributed by atoms with Crippen molar-refractivity contribution in [2.45, 2.75) is 33.4 Å². The van der Waals surface area contributed by atoms with Crippen LogP contribution in [0.4, 0.5) is 4.39 Å². The van der Waals surface area contributed by atoms with Gasteiger partial charge in [0.1, 0.15) is 12.4 Å². The predicted octanol–water partition coefficient (Wildman–Crippen LogP) is 1.64. The molecule has 0 fully saturated rings. The van der Waals surface area contributed by atoms with Gasteiger partial charge in [-0.3, -0.25) is 4.79 Å². The number of benzene rings is 1. The van der Waals surface area contributed by atoms with Gasteiger partial charge in [0.25, 0.3) is 0 Å². The minimum atomic E-state index is -0.326. The summed E-state index contributed by atoms with van der Waals surface area (Å²) in [6, 6.07) is 5.87. The molecule has 1 amide bonds. The maximum Gasteiger partial charge on any atom is 0.243 e. The third-order valence-electron chi connectivity index (χ3n) is 3.23. The first-order chi connectivity index (χ1) is 9.95. The second kappa shape index (κ2) is 6.43. The molecule has 1 atom stereocenters. The summed E-state index contributed by atoms with van der Waals surface area (Å²) in [6.45, 7) is 6.02. The SMILES string of the molecule is CC(C)C(C)NC(=O)Cn1nnc(-c2ccc(F)cc2)n1. The molecule has 1 aromatic heterocycles. The fourth-order valence-electron chi connectivity index (χ4n) is 1.62. The van der Waals surface area contributed by atoms with Crippen LogP contribution in [0.5, 0.6) is 0 Å². The molecule has 0 bridgehead atoms. The minimum Gasteiger partial charge on any atom is -0.352 e. The van der Waals surface area contributed by atoms with Crippen LogP contribution >= 0.6 is 0 Å². The van der Waals surface area contributed by atoms with Crippen LogP contribution in [0.2, 0.25) is 0 Å². The summed E-state index contributed by atoms with van der Waals surface area (Å²) in [4.78, 5) is 13.1. The lowest BCUT2D eigenvalue weighted by molar-refractivity contribution is -0.123. The highest BCUT2D eigenvalue weighted by atomic mass is 19.1. The zero-order valence-corrected chi connectivity index (χ0v) is 12.2. The van der Waals surface area contributed by atoms with Crippen molar-refractivity contribution in [3.8, 4) is 11.4 Å². The van der Waals surface area contributed by atoms with Gasteiger partial charge in [0.05, 0.1) is 0 Å². The molecule has 1 unspecified atom stereocenters. The number of nitrogens with one attached hydrogen (secondary N) is 1. The molecule has 1 N–H and O–H groups in total. The number of carbonyl (C=O) groups is 1. The van der Waals surface area contributed by atoms with Gasteiger partial charge in [-0.2, -0.15) is 4.80 Å². The van der Waals surface area contributed by atoms with Crippen LogP contribution in [-0.4, -0.2) is 32.2 Å². The van der Waals surface area contributed by atoms with Crippen LogP contribution in [0.3, 0.4) is 0 Å². The summed E-state index contributed by atoms with van der Waals surface area (Å²) < 4.78 is 12.9. The van der Waals surface area contributed by atoms with Gasteiger partial charge in [-0.15, -0.1) is 10.2 Å². The lowest BCUT2D eigenvalue weighted by atomic mass is 10.1. The number of tetrazole rings is 1. The molecule has 2 rings (SSSR count). The second-order valence-electron chi connectivity index (χ2n) is 5.25. The topological polar surface area (TPSA) is 72.7 Å². The Hall–Kier alpha value is -2.31. The first-order valence-electron chi connectivity index (χ1n) is 6.79. The highest BCUT2D eigenvalue weighted by Gasteiger charge is 2.13. The Bertz CT molecular complexity index is 608. The maximum absolute atomic E-state index is 12.9. The number of hydrogen-bond donors (Lipinski definition) is 1. The Kier molecular flexibility index (Phi) is 4.62. The van der Waals surface area contributed by atoms with Crippen LogP contribution in [0, 0.1) is 11.7 Å². The molecule has 0 saturated heterocycles. The van der Waals surface area contributed by atoms with Gasteiger partial charge in [0.2, 0.25) is 11.7 Å². The van der Waals surface area contributed by atoms with Gasteiger partial charge >= 0.3 is 0 Å². The fourth-order valence-corrected chi connectivity index (χ4v) is 1.62. The van der Waals surface area contributed by atoms with E-state index >= 15 is 0 Å². The van der Waals surface area contributed by atoms with Gasteiger partial charge in [-0.25, -0.2) is 4.39 Å². The van der Waals surface area contributed by atoms with Crippen molar-refractivity contribution in [1.29, 1.82) is 0 Å². The standard InChI is InChI=1S/C14H18FN5O/c1-9(2)10(3)16-13(21)8-20-18-14(17-19-20)11-4-6-12(15)7-5-11/h4-7,9-10H,8H2,1-3H3,(H,16,21). The number of rotatable bonds is 5. The quantitative estimate of drug-likeness (QED) is 0.909. The third-order valence-corrected chi connectivity index (χ3v) is 3.23. The molecule has 0 spiro atoms. The average Bonchev–Trinajstić information content (AvgIpc) is 2.87. The van der Waals surface area contributed by atoms with Crippen LogP contribution in [-0.2, 0) is 11.3 Å². The molecule has 0 aliphatic rings. The van der Waals surface area contributed by atoms with Crippen LogP contribution in [0.1, 0.15) is 20.8 Å². The van der Waals surface area contributed by atoms with E-state index in [1.54, 1.807) is 12.1 Å². The average molecular weight is 291 g/mol. The third kappa shape index (κ3) is 4.08. The lowest BCUT2D eigenvalue weighted by Crippen LogP contribution is -2.38. The Morgan fingerprint density at radius 1 is 1.29 bits per heavy atom. The fraction of sp³-hybridized carbons (Fsp3) is 0.429. The summed E-state index contributed by atoms with van der Waals surface area (Å²) in [6.07, 6.45) is 0. The number of carbonyl (C=O) groups excluding carboxylic acids is 1. The molecule has 1 heterocycles. The Morgan fingerprint density at radius 3 is 2.57 bits per heavy atom. The van der Waals surface area contributed by atoms with E-state index in [2.05, 4.69) is 20.7 Å². The molecule has 7 heteroatoms. The van der Waals surface area contributed by atoms with E-state index in [1.807, 2.05) is 20.8 Å². The summed E-state index contributed by atoms with van der Waals surface area (Å²) in [5.41, 5.74) is 0.651. The second-order valence-corrected chi connectivity index (χ2v) is 5.25. The van der Waals surface area contributed by atoms with E-state index in [-0.39, 0.29) is 24.3 Å². The molecule has 0 radical (unpaired) electrons. The van der Waals surface area contributed by atoms with Crippen LogP contribution < -0.4 is 5.32 Å². The summed E-state index contributed by atoms with van der Waals surface area (Å²) in [5.74, 6) is 0.222. The van der Waals surface area contributed by atoms with Gasteiger partial charge in [-0.1, -0.05) is 13.8 Å². The molecule has 0 aliphatic carbocycles. The molecule has 112 valence electrons. The highest BCUT2D eigenvalue weighted by molar-refractivity contribution is 5.75. The number of hydrogen-bond acceptors (Lipinski definition) is 4. The van der Waals surface area contributed by atoms with E-state index < -0.39 is 0 Å². The van der Waals surface area contributed by atoms with Crippen LogP contribution in [0.15, 0.2) is 24.3 Å². The molecule has 1 aromatic carbocycles. The largest absolute Gasteiger partial charge is 0.352 e. The van der Waals surface area contributed by atoms with Crippen molar-refractivity contribution in [1.82, 2.24) is 25.5 Å². The molecule has 21 heavy (non-hydrogen) atoms. The van der Waals surface area contributed by atoms with E-state index in [4.69, 9.17) is 0 Å². The highest BCUT2D eigenvalue weighted by Crippen LogP contribution is 2.13. The number of nitrogens with zero attached hydrogens (tertiary/aromatic N) is 4. The lowest BCUT2D eigenvalue weighted by Gasteiger charge is -2.16. The number of aromatic nitrogens is 4. The Balaban J connectivity index is 2.00. The van der Waals surface area contributed by atoms with Crippen molar-refractivity contribution in [2.24, 2.45) is 5.92 Å². The van der Waals surface area contributed by atoms with E-state index in [1.165, 1.54) is 16.9 Å². The molecule has 0 aliphatic heterocycles.